The molecule has 2 rings (SSSR count). The van der Waals surface area contributed by atoms with Crippen LogP contribution in [0.4, 0.5) is 5.82 Å². The second-order valence-corrected chi connectivity index (χ2v) is 4.52. The van der Waals surface area contributed by atoms with Crippen LogP contribution in [0.5, 0.6) is 5.75 Å². The SMILES string of the molecule is N#Cc1ccc(NC(=O)c2ccc(Br)c(O)c2)nc1. The van der Waals surface area contributed by atoms with E-state index < -0.39 is 0 Å². The van der Waals surface area contributed by atoms with E-state index in [1.807, 2.05) is 6.07 Å². The lowest BCUT2D eigenvalue weighted by atomic mass is 10.2. The lowest BCUT2D eigenvalue weighted by Crippen LogP contribution is -2.12. The monoisotopic (exact) mass is 317 g/mol. The van der Waals surface area contributed by atoms with Crippen molar-refractivity contribution < 1.29 is 9.90 Å². The van der Waals surface area contributed by atoms with Crippen molar-refractivity contribution in [3.8, 4) is 11.8 Å². The van der Waals surface area contributed by atoms with Gasteiger partial charge in [-0.15, -0.1) is 0 Å². The Morgan fingerprint density at radius 3 is 2.74 bits per heavy atom. The number of hydrogen-bond donors (Lipinski definition) is 2. The fourth-order valence-corrected chi connectivity index (χ4v) is 1.62. The van der Waals surface area contributed by atoms with E-state index in [2.05, 4.69) is 26.2 Å². The molecular weight excluding hydrogens is 310 g/mol. The van der Waals surface area contributed by atoms with Gasteiger partial charge in [-0.25, -0.2) is 4.98 Å². The molecule has 1 heterocycles. The summed E-state index contributed by atoms with van der Waals surface area (Å²) < 4.78 is 0.514. The van der Waals surface area contributed by atoms with Crippen molar-refractivity contribution in [3.05, 3.63) is 52.1 Å². The van der Waals surface area contributed by atoms with Gasteiger partial charge >= 0.3 is 0 Å². The van der Waals surface area contributed by atoms with Gasteiger partial charge in [0.15, 0.2) is 0 Å². The van der Waals surface area contributed by atoms with E-state index in [1.54, 1.807) is 18.2 Å². The Kier molecular flexibility index (Phi) is 3.78. The van der Waals surface area contributed by atoms with Crippen LogP contribution in [-0.2, 0) is 0 Å². The number of hydrogen-bond acceptors (Lipinski definition) is 4. The molecule has 0 aliphatic carbocycles. The third-order valence-electron chi connectivity index (χ3n) is 2.34. The molecule has 0 atom stereocenters. The Bertz CT molecular complexity index is 663. The van der Waals surface area contributed by atoms with Crippen LogP contribution in [-0.4, -0.2) is 16.0 Å². The van der Waals surface area contributed by atoms with Gasteiger partial charge < -0.3 is 10.4 Å². The standard InChI is InChI=1S/C13H8BrN3O2/c14-10-3-2-9(5-11(10)18)13(19)17-12-4-1-8(6-15)7-16-12/h1-5,7,18H,(H,16,17,19). The molecular formula is C13H8BrN3O2. The molecule has 0 saturated heterocycles. The number of amides is 1. The molecule has 5 nitrogen and oxygen atoms in total. The fourth-order valence-electron chi connectivity index (χ4n) is 1.38. The van der Waals surface area contributed by atoms with Crippen LogP contribution in [0.25, 0.3) is 0 Å². The topological polar surface area (TPSA) is 86.0 Å². The summed E-state index contributed by atoms with van der Waals surface area (Å²) in [4.78, 5) is 15.8. The van der Waals surface area contributed by atoms with Crippen LogP contribution in [0.1, 0.15) is 15.9 Å². The predicted octanol–water partition coefficient (Wildman–Crippen LogP) is 2.67. The number of carbonyl (C=O) groups is 1. The second kappa shape index (κ2) is 5.50. The van der Waals surface area contributed by atoms with E-state index in [0.29, 0.717) is 21.4 Å². The minimum Gasteiger partial charge on any atom is -0.507 e. The maximum atomic E-state index is 11.9. The van der Waals surface area contributed by atoms with Crippen LogP contribution in [0.2, 0.25) is 0 Å². The summed E-state index contributed by atoms with van der Waals surface area (Å²) in [5, 5.41) is 20.7. The summed E-state index contributed by atoms with van der Waals surface area (Å²) in [5.41, 5.74) is 0.728. The molecule has 19 heavy (non-hydrogen) atoms. The number of nitrogens with one attached hydrogen (secondary N) is 1. The summed E-state index contributed by atoms with van der Waals surface area (Å²) in [7, 11) is 0. The van der Waals surface area contributed by atoms with Crippen LogP contribution < -0.4 is 5.32 Å². The summed E-state index contributed by atoms with van der Waals surface area (Å²) in [5.74, 6) is -0.0631. The third kappa shape index (κ3) is 3.09. The number of pyridine rings is 1. The summed E-state index contributed by atoms with van der Waals surface area (Å²) in [6.45, 7) is 0. The minimum absolute atomic E-state index is 0.0135. The molecule has 6 heteroatoms. The van der Waals surface area contributed by atoms with Crippen molar-refractivity contribution in [2.24, 2.45) is 0 Å². The van der Waals surface area contributed by atoms with Crippen LogP contribution >= 0.6 is 15.9 Å². The van der Waals surface area contributed by atoms with Gasteiger partial charge in [0, 0.05) is 11.8 Å². The fraction of sp³-hybridized carbons (Fsp3) is 0. The van der Waals surface area contributed by atoms with Crippen LogP contribution in [0, 0.1) is 11.3 Å². The first-order chi connectivity index (χ1) is 9.10. The maximum Gasteiger partial charge on any atom is 0.256 e. The zero-order chi connectivity index (χ0) is 13.8. The molecule has 1 aromatic carbocycles. The van der Waals surface area contributed by atoms with Crippen molar-refractivity contribution in [3.63, 3.8) is 0 Å². The van der Waals surface area contributed by atoms with Gasteiger partial charge in [-0.3, -0.25) is 4.79 Å². The van der Waals surface area contributed by atoms with Gasteiger partial charge in [0.25, 0.3) is 5.91 Å². The first-order valence-electron chi connectivity index (χ1n) is 5.26. The van der Waals surface area contributed by atoms with Gasteiger partial charge in [-0.05, 0) is 46.3 Å². The molecule has 2 aromatic rings. The van der Waals surface area contributed by atoms with E-state index >= 15 is 0 Å². The van der Waals surface area contributed by atoms with E-state index in [-0.39, 0.29) is 11.7 Å². The molecule has 1 amide bonds. The van der Waals surface area contributed by atoms with Gasteiger partial charge in [-0.2, -0.15) is 5.26 Å². The third-order valence-corrected chi connectivity index (χ3v) is 3.01. The van der Waals surface area contributed by atoms with Gasteiger partial charge in [0.05, 0.1) is 10.0 Å². The number of carbonyl (C=O) groups excluding carboxylic acids is 1. The number of nitrogens with zero attached hydrogens (tertiary/aromatic N) is 2. The average Bonchev–Trinajstić information content (AvgIpc) is 2.42. The van der Waals surface area contributed by atoms with Gasteiger partial charge in [-0.1, -0.05) is 0 Å². The minimum atomic E-state index is -0.389. The summed E-state index contributed by atoms with van der Waals surface area (Å²) in [6.07, 6.45) is 1.37. The number of aromatic nitrogens is 1. The van der Waals surface area contributed by atoms with Gasteiger partial charge in [0.2, 0.25) is 0 Å². The maximum absolute atomic E-state index is 11.9. The van der Waals surface area contributed by atoms with Crippen molar-refractivity contribution in [2.45, 2.75) is 0 Å². The molecule has 2 N–H and O–H groups in total. The van der Waals surface area contributed by atoms with E-state index in [1.165, 1.54) is 18.3 Å². The Labute approximate surface area is 117 Å². The van der Waals surface area contributed by atoms with Crippen molar-refractivity contribution in [2.75, 3.05) is 5.32 Å². The van der Waals surface area contributed by atoms with Crippen molar-refractivity contribution in [1.82, 2.24) is 4.98 Å². The second-order valence-electron chi connectivity index (χ2n) is 3.66. The Morgan fingerprint density at radius 1 is 1.37 bits per heavy atom. The van der Waals surface area contributed by atoms with E-state index in [0.717, 1.165) is 0 Å². The molecule has 0 aliphatic rings. The smallest absolute Gasteiger partial charge is 0.256 e. The number of phenolic OH excluding ortho intramolecular Hbond substituents is 1. The van der Waals surface area contributed by atoms with Crippen molar-refractivity contribution in [1.29, 1.82) is 5.26 Å². The molecule has 0 saturated carbocycles. The van der Waals surface area contributed by atoms with Crippen LogP contribution in [0.15, 0.2) is 41.0 Å². The predicted molar refractivity (Wildman–Crippen MR) is 72.7 cm³/mol. The van der Waals surface area contributed by atoms with Gasteiger partial charge in [0.1, 0.15) is 17.6 Å². The number of benzene rings is 1. The molecule has 94 valence electrons. The first-order valence-corrected chi connectivity index (χ1v) is 6.05. The summed E-state index contributed by atoms with van der Waals surface area (Å²) in [6, 6.07) is 9.54. The van der Waals surface area contributed by atoms with E-state index in [4.69, 9.17) is 5.26 Å². The largest absolute Gasteiger partial charge is 0.507 e. The zero-order valence-corrected chi connectivity index (χ0v) is 11.2. The Hall–Kier alpha value is -2.39. The highest BCUT2D eigenvalue weighted by Gasteiger charge is 2.09. The molecule has 0 spiro atoms. The number of halogens is 1. The number of nitriles is 1. The molecule has 0 fully saturated rings. The average molecular weight is 318 g/mol. The first kappa shape index (κ1) is 13.1. The summed E-state index contributed by atoms with van der Waals surface area (Å²) >= 11 is 3.14. The highest BCUT2D eigenvalue weighted by molar-refractivity contribution is 9.10. The Morgan fingerprint density at radius 2 is 2.16 bits per heavy atom. The molecule has 1 aromatic heterocycles. The molecule has 0 radical (unpaired) electrons. The molecule has 0 aliphatic heterocycles. The Balaban J connectivity index is 2.16. The molecule has 0 bridgehead atoms. The lowest BCUT2D eigenvalue weighted by molar-refractivity contribution is 0.102. The van der Waals surface area contributed by atoms with Crippen molar-refractivity contribution >= 4 is 27.7 Å². The lowest BCUT2D eigenvalue weighted by Gasteiger charge is -2.05. The number of aromatic hydroxyl groups is 1. The highest BCUT2D eigenvalue weighted by Crippen LogP contribution is 2.24. The number of rotatable bonds is 2. The molecule has 0 unspecified atom stereocenters. The number of phenols is 1. The zero-order valence-electron chi connectivity index (χ0n) is 9.59. The highest BCUT2D eigenvalue weighted by atomic mass is 79.9. The van der Waals surface area contributed by atoms with Crippen LogP contribution in [0.3, 0.4) is 0 Å². The normalized spacial score (nSPS) is 9.68. The number of anilines is 1. The quantitative estimate of drug-likeness (QED) is 0.891. The van der Waals surface area contributed by atoms with E-state index in [9.17, 15) is 9.90 Å².